The number of ether oxygens (including phenoxy) is 1. The zero-order valence-corrected chi connectivity index (χ0v) is 18.5. The van der Waals surface area contributed by atoms with Gasteiger partial charge < -0.3 is 20.8 Å². The average molecular weight is 437 g/mol. The molecule has 0 aliphatic heterocycles. The van der Waals surface area contributed by atoms with Gasteiger partial charge >= 0.3 is 0 Å². The first-order valence-electron chi connectivity index (χ1n) is 10.8. The minimum Gasteiger partial charge on any atom is -0.455 e. The summed E-state index contributed by atoms with van der Waals surface area (Å²) in [7, 11) is 0. The van der Waals surface area contributed by atoms with Crippen LogP contribution in [-0.4, -0.2) is 19.9 Å². The molecule has 3 aromatic heterocycles. The molecule has 33 heavy (non-hydrogen) atoms. The van der Waals surface area contributed by atoms with Gasteiger partial charge in [-0.25, -0.2) is 9.97 Å². The summed E-state index contributed by atoms with van der Waals surface area (Å²) in [6.07, 6.45) is 4.22. The molecule has 0 aliphatic carbocycles. The lowest BCUT2D eigenvalue weighted by Gasteiger charge is -2.12. The molecule has 0 bridgehead atoms. The number of nitrogens with one attached hydrogen (secondary N) is 2. The number of nitrogen functional groups attached to an aromatic ring is 1. The third-order valence-electron chi connectivity index (χ3n) is 5.46. The summed E-state index contributed by atoms with van der Waals surface area (Å²) in [5.74, 6) is 2.20. The van der Waals surface area contributed by atoms with Gasteiger partial charge in [0.25, 0.3) is 0 Å². The lowest BCUT2D eigenvalue weighted by molar-refractivity contribution is 0.476. The maximum atomic E-state index is 6.01. The fourth-order valence-corrected chi connectivity index (χ4v) is 3.64. The standard InChI is InChI=1S/C26H24N6O/c1-3-19-8-10-21(14-28-19)33-24-11-9-20(12-16(24)2)31-26-25-23(29-15-30-26)13-22(32-25)17-4-6-18(27)7-5-17/h4-15,32H,3,27H2,1-2H3,(H,29,30,31). The monoisotopic (exact) mass is 436 g/mol. The van der Waals surface area contributed by atoms with Gasteiger partial charge in [-0.05, 0) is 73.0 Å². The number of hydrogen-bond acceptors (Lipinski definition) is 6. The predicted molar refractivity (Wildman–Crippen MR) is 132 cm³/mol. The van der Waals surface area contributed by atoms with Crippen LogP contribution in [0.3, 0.4) is 0 Å². The Kier molecular flexibility index (Phi) is 5.36. The number of nitrogens with zero attached hydrogens (tertiary/aromatic N) is 3. The summed E-state index contributed by atoms with van der Waals surface area (Å²) in [5.41, 5.74) is 13.1. The molecule has 0 saturated carbocycles. The Morgan fingerprint density at radius 3 is 2.55 bits per heavy atom. The predicted octanol–water partition coefficient (Wildman–Crippen LogP) is 6.01. The molecule has 0 unspecified atom stereocenters. The molecule has 0 saturated heterocycles. The van der Waals surface area contributed by atoms with Crippen molar-refractivity contribution in [2.45, 2.75) is 20.3 Å². The Bertz CT molecular complexity index is 1410. The van der Waals surface area contributed by atoms with Crippen molar-refractivity contribution in [2.75, 3.05) is 11.1 Å². The van der Waals surface area contributed by atoms with E-state index in [9.17, 15) is 0 Å². The van der Waals surface area contributed by atoms with Crippen LogP contribution in [0.4, 0.5) is 17.2 Å². The normalized spacial score (nSPS) is 11.0. The first-order valence-corrected chi connectivity index (χ1v) is 10.8. The Morgan fingerprint density at radius 2 is 1.82 bits per heavy atom. The van der Waals surface area contributed by atoms with Gasteiger partial charge in [0, 0.05) is 22.8 Å². The number of fused-ring (bicyclic) bond motifs is 1. The smallest absolute Gasteiger partial charge is 0.158 e. The van der Waals surface area contributed by atoms with Crippen molar-refractivity contribution in [2.24, 2.45) is 0 Å². The SMILES string of the molecule is CCc1ccc(Oc2ccc(Nc3ncnc4cc(-c5ccc(N)cc5)[nH]c34)cc2C)cn1. The third kappa shape index (κ3) is 4.34. The second kappa shape index (κ2) is 8.63. The first kappa shape index (κ1) is 20.5. The molecule has 0 atom stereocenters. The lowest BCUT2D eigenvalue weighted by Crippen LogP contribution is -1.97. The van der Waals surface area contributed by atoms with Crippen LogP contribution < -0.4 is 15.8 Å². The topological polar surface area (TPSA) is 102 Å². The van der Waals surface area contributed by atoms with E-state index in [0.29, 0.717) is 5.82 Å². The highest BCUT2D eigenvalue weighted by Gasteiger charge is 2.11. The highest BCUT2D eigenvalue weighted by Crippen LogP contribution is 2.31. The molecule has 2 aromatic carbocycles. The number of aromatic amines is 1. The Balaban J connectivity index is 1.38. The van der Waals surface area contributed by atoms with E-state index in [0.717, 1.165) is 62.8 Å². The van der Waals surface area contributed by atoms with Gasteiger partial charge in [-0.1, -0.05) is 19.1 Å². The van der Waals surface area contributed by atoms with E-state index in [1.54, 1.807) is 12.5 Å². The fraction of sp³-hybridized carbons (Fsp3) is 0.115. The maximum Gasteiger partial charge on any atom is 0.158 e. The highest BCUT2D eigenvalue weighted by molar-refractivity contribution is 5.91. The molecular weight excluding hydrogens is 412 g/mol. The Labute approximate surface area is 191 Å². The summed E-state index contributed by atoms with van der Waals surface area (Å²) >= 11 is 0. The van der Waals surface area contributed by atoms with Crippen LogP contribution in [-0.2, 0) is 6.42 Å². The quantitative estimate of drug-likeness (QED) is 0.282. The molecule has 0 amide bonds. The van der Waals surface area contributed by atoms with E-state index in [2.05, 4.69) is 32.2 Å². The van der Waals surface area contributed by atoms with E-state index in [-0.39, 0.29) is 0 Å². The van der Waals surface area contributed by atoms with Crippen LogP contribution >= 0.6 is 0 Å². The highest BCUT2D eigenvalue weighted by atomic mass is 16.5. The average Bonchev–Trinajstić information content (AvgIpc) is 3.27. The molecule has 0 radical (unpaired) electrons. The second-order valence-corrected chi connectivity index (χ2v) is 7.83. The number of H-pyrrole nitrogens is 1. The summed E-state index contributed by atoms with van der Waals surface area (Å²) < 4.78 is 6.01. The zero-order valence-electron chi connectivity index (χ0n) is 18.5. The van der Waals surface area contributed by atoms with Crippen LogP contribution in [0.1, 0.15) is 18.2 Å². The molecule has 164 valence electrons. The molecule has 0 aliphatic rings. The second-order valence-electron chi connectivity index (χ2n) is 7.83. The van der Waals surface area contributed by atoms with Crippen molar-refractivity contribution < 1.29 is 4.74 Å². The van der Waals surface area contributed by atoms with Gasteiger partial charge in [0.15, 0.2) is 5.82 Å². The molecule has 0 spiro atoms. The van der Waals surface area contributed by atoms with Crippen molar-refractivity contribution >= 4 is 28.2 Å². The number of benzene rings is 2. The van der Waals surface area contributed by atoms with E-state index >= 15 is 0 Å². The van der Waals surface area contributed by atoms with Gasteiger partial charge in [-0.3, -0.25) is 4.98 Å². The number of hydrogen-bond donors (Lipinski definition) is 3. The molecule has 5 rings (SSSR count). The number of rotatable bonds is 6. The molecule has 7 nitrogen and oxygen atoms in total. The third-order valence-corrected chi connectivity index (χ3v) is 5.46. The van der Waals surface area contributed by atoms with Crippen LogP contribution in [0.25, 0.3) is 22.3 Å². The summed E-state index contributed by atoms with van der Waals surface area (Å²) in [6.45, 7) is 4.09. The van der Waals surface area contributed by atoms with Crippen LogP contribution in [0.5, 0.6) is 11.5 Å². The van der Waals surface area contributed by atoms with Crippen molar-refractivity contribution in [1.29, 1.82) is 0 Å². The molecule has 7 heteroatoms. The molecular formula is C26H24N6O. The molecule has 4 N–H and O–H groups in total. The van der Waals surface area contributed by atoms with E-state index < -0.39 is 0 Å². The van der Waals surface area contributed by atoms with Crippen LogP contribution in [0.2, 0.25) is 0 Å². The van der Waals surface area contributed by atoms with Gasteiger partial charge in [0.05, 0.1) is 11.7 Å². The number of aromatic nitrogens is 4. The Morgan fingerprint density at radius 1 is 0.970 bits per heavy atom. The summed E-state index contributed by atoms with van der Waals surface area (Å²) in [6, 6.07) is 19.6. The first-order chi connectivity index (χ1) is 16.1. The Hall–Kier alpha value is -4.39. The van der Waals surface area contributed by atoms with Crippen LogP contribution in [0.15, 0.2) is 73.2 Å². The van der Waals surface area contributed by atoms with Gasteiger partial charge in [0.1, 0.15) is 23.3 Å². The number of anilines is 3. The van der Waals surface area contributed by atoms with Crippen LogP contribution in [0, 0.1) is 6.92 Å². The number of nitrogens with two attached hydrogens (primary N) is 1. The van der Waals surface area contributed by atoms with Crippen molar-refractivity contribution in [3.63, 3.8) is 0 Å². The van der Waals surface area contributed by atoms with E-state index in [4.69, 9.17) is 10.5 Å². The van der Waals surface area contributed by atoms with E-state index in [1.165, 1.54) is 0 Å². The largest absolute Gasteiger partial charge is 0.455 e. The van der Waals surface area contributed by atoms with Crippen molar-refractivity contribution in [3.05, 3.63) is 84.4 Å². The van der Waals surface area contributed by atoms with E-state index in [1.807, 2.05) is 67.6 Å². The lowest BCUT2D eigenvalue weighted by atomic mass is 10.1. The number of aryl methyl sites for hydroxylation is 2. The van der Waals surface area contributed by atoms with Crippen molar-refractivity contribution in [1.82, 2.24) is 19.9 Å². The van der Waals surface area contributed by atoms with Crippen molar-refractivity contribution in [3.8, 4) is 22.8 Å². The zero-order chi connectivity index (χ0) is 22.8. The summed E-state index contributed by atoms with van der Waals surface area (Å²) in [5, 5.41) is 3.40. The van der Waals surface area contributed by atoms with Gasteiger partial charge in [-0.15, -0.1) is 0 Å². The maximum absolute atomic E-state index is 6.01. The number of pyridine rings is 1. The van der Waals surface area contributed by atoms with Gasteiger partial charge in [0.2, 0.25) is 0 Å². The fourth-order valence-electron chi connectivity index (χ4n) is 3.64. The summed E-state index contributed by atoms with van der Waals surface area (Å²) in [4.78, 5) is 16.7. The minimum absolute atomic E-state index is 0.703. The minimum atomic E-state index is 0.703. The molecule has 0 fully saturated rings. The molecule has 5 aromatic rings. The van der Waals surface area contributed by atoms with Gasteiger partial charge in [-0.2, -0.15) is 0 Å². The molecule has 3 heterocycles.